The first-order valence-electron chi connectivity index (χ1n) is 6.68. The van der Waals surface area contributed by atoms with Gasteiger partial charge in [-0.15, -0.1) is 0 Å². The molecule has 1 amide bonds. The molecule has 2 aromatic carbocycles. The first kappa shape index (κ1) is 12.5. The van der Waals surface area contributed by atoms with Crippen LogP contribution >= 0.6 is 0 Å². The van der Waals surface area contributed by atoms with Crippen molar-refractivity contribution in [2.45, 2.75) is 11.8 Å². The van der Waals surface area contributed by atoms with E-state index in [-0.39, 0.29) is 17.7 Å². The molecule has 2 atom stereocenters. The van der Waals surface area contributed by atoms with Crippen LogP contribution in [-0.4, -0.2) is 12.5 Å². The van der Waals surface area contributed by atoms with Crippen LogP contribution in [-0.2, 0) is 35.7 Å². The molecule has 3 nitrogen and oxygen atoms in total. The standard InChI is InChI=1S/C16H12NO2.Y/c18-16-15-11-6-2-4-8-14(11)19-13-7-3-1-5-10(13)12(15)9-17-16;/h2-8,12,15H,9H2,(H,17,18);/t12-,15-;/m1./s1. The van der Waals surface area contributed by atoms with Crippen LogP contribution in [0.25, 0.3) is 0 Å². The number of amides is 1. The van der Waals surface area contributed by atoms with Crippen LogP contribution < -0.4 is 12.4 Å². The van der Waals surface area contributed by atoms with Gasteiger partial charge in [-0.1, -0.05) is 0 Å². The van der Waals surface area contributed by atoms with Gasteiger partial charge in [0.25, 0.3) is 0 Å². The van der Waals surface area contributed by atoms with E-state index < -0.39 is 0 Å². The molecule has 96 valence electrons. The topological polar surface area (TPSA) is 38.3 Å². The van der Waals surface area contributed by atoms with Gasteiger partial charge in [0.05, 0.1) is 0 Å². The normalized spacial score (nSPS) is 22.9. The van der Waals surface area contributed by atoms with E-state index in [2.05, 4.69) is 17.4 Å². The fraction of sp³-hybridized carbons (Fsp3) is 0.188. The van der Waals surface area contributed by atoms with Crippen molar-refractivity contribution in [3.63, 3.8) is 0 Å². The molecule has 0 spiro atoms. The van der Waals surface area contributed by atoms with Crippen molar-refractivity contribution < 1.29 is 40.5 Å². The maximum atomic E-state index is 12.3. The molecule has 1 fully saturated rings. The van der Waals surface area contributed by atoms with Gasteiger partial charge in [-0.2, -0.15) is 0 Å². The van der Waals surface area contributed by atoms with E-state index in [1.807, 2.05) is 30.3 Å². The summed E-state index contributed by atoms with van der Waals surface area (Å²) in [7, 11) is 0. The van der Waals surface area contributed by atoms with Crippen LogP contribution in [0.2, 0.25) is 0 Å². The van der Waals surface area contributed by atoms with E-state index >= 15 is 0 Å². The quantitative estimate of drug-likeness (QED) is 0.797. The second-order valence-electron chi connectivity index (χ2n) is 5.27. The van der Waals surface area contributed by atoms with E-state index in [0.717, 1.165) is 53.6 Å². The number of para-hydroxylation sites is 1. The molecule has 0 radical (unpaired) electrons. The molecule has 0 bridgehead atoms. The number of fused-ring (bicyclic) bond motifs is 5. The van der Waals surface area contributed by atoms with Gasteiger partial charge < -0.3 is 0 Å². The summed E-state index contributed by atoms with van der Waals surface area (Å²) in [6.45, 7) is 0.693. The first-order chi connectivity index (χ1) is 9.74. The van der Waals surface area contributed by atoms with Crippen molar-refractivity contribution in [1.82, 2.24) is 5.32 Å². The molecule has 0 aliphatic carbocycles. The molecule has 2 aliphatic rings. The SMILES string of the molecule is O=C1NC[C@@H]2c3c[c]([Y])ccc3Oc3ccccc3[C@@H]12. The average Bonchev–Trinajstić information content (AvgIpc) is 2.76. The Bertz CT molecular complexity index is 713. The number of benzene rings is 2. The van der Waals surface area contributed by atoms with E-state index in [1.165, 1.54) is 2.37 Å². The van der Waals surface area contributed by atoms with E-state index in [0.29, 0.717) is 6.54 Å². The molecule has 0 unspecified atom stereocenters. The Kier molecular flexibility index (Phi) is 2.93. The van der Waals surface area contributed by atoms with Crippen molar-refractivity contribution >= 4 is 8.28 Å². The molecule has 2 heterocycles. The third-order valence-corrected chi connectivity index (χ3v) is 4.97. The monoisotopic (exact) mass is 339 g/mol. The fourth-order valence-electron chi connectivity index (χ4n) is 3.17. The zero-order valence-corrected chi connectivity index (χ0v) is 13.6. The average molecular weight is 339 g/mol. The number of hydrogen-bond acceptors (Lipinski definition) is 2. The third-order valence-electron chi connectivity index (χ3n) is 4.09. The summed E-state index contributed by atoms with van der Waals surface area (Å²) in [5, 5.41) is 3.01. The number of nitrogens with one attached hydrogen (secondary N) is 1. The molecule has 2 aromatic rings. The van der Waals surface area contributed by atoms with E-state index in [1.54, 1.807) is 0 Å². The van der Waals surface area contributed by atoms with E-state index in [9.17, 15) is 4.79 Å². The van der Waals surface area contributed by atoms with Gasteiger partial charge in [0.1, 0.15) is 0 Å². The fourth-order valence-corrected chi connectivity index (χ4v) is 3.84. The zero-order valence-electron chi connectivity index (χ0n) is 10.8. The summed E-state index contributed by atoms with van der Waals surface area (Å²) in [6, 6.07) is 14.2. The van der Waals surface area contributed by atoms with Gasteiger partial charge in [0.15, 0.2) is 0 Å². The maximum absolute atomic E-state index is 12.3. The van der Waals surface area contributed by atoms with Crippen molar-refractivity contribution in [1.29, 1.82) is 0 Å². The van der Waals surface area contributed by atoms with Crippen LogP contribution in [0.3, 0.4) is 0 Å². The summed E-state index contributed by atoms with van der Waals surface area (Å²) in [5.74, 6) is 1.85. The molecule has 2 aliphatic heterocycles. The Morgan fingerprint density at radius 1 is 1.10 bits per heavy atom. The second-order valence-corrected chi connectivity index (χ2v) is 6.91. The van der Waals surface area contributed by atoms with Gasteiger partial charge >= 0.3 is 138 Å². The number of ether oxygens (including phenoxy) is 1. The molecule has 1 N–H and O–H groups in total. The molecule has 20 heavy (non-hydrogen) atoms. The Morgan fingerprint density at radius 3 is 2.80 bits per heavy atom. The summed E-state index contributed by atoms with van der Waals surface area (Å²) in [6.07, 6.45) is 0. The van der Waals surface area contributed by atoms with Gasteiger partial charge in [-0.05, 0) is 0 Å². The molecule has 4 rings (SSSR count). The number of rotatable bonds is 0. The van der Waals surface area contributed by atoms with Crippen LogP contribution in [0.5, 0.6) is 11.5 Å². The van der Waals surface area contributed by atoms with Crippen LogP contribution in [0.15, 0.2) is 42.5 Å². The van der Waals surface area contributed by atoms with E-state index in [4.69, 9.17) is 4.74 Å². The number of carbonyl (C=O) groups excluding carboxylic acids is 1. The number of carbonyl (C=O) groups is 1. The predicted molar refractivity (Wildman–Crippen MR) is 71.1 cm³/mol. The summed E-state index contributed by atoms with van der Waals surface area (Å²) in [4.78, 5) is 12.3. The van der Waals surface area contributed by atoms with Gasteiger partial charge in [-0.25, -0.2) is 0 Å². The minimum absolute atomic E-state index is 0.108. The second kappa shape index (κ2) is 4.68. The van der Waals surface area contributed by atoms with Crippen molar-refractivity contribution in [3.8, 4) is 11.5 Å². The molecule has 1 saturated heterocycles. The molecule has 4 heteroatoms. The van der Waals surface area contributed by atoms with Crippen LogP contribution in [0.1, 0.15) is 23.0 Å². The Balaban J connectivity index is 1.98. The van der Waals surface area contributed by atoms with Crippen LogP contribution in [0.4, 0.5) is 0 Å². The molecular formula is C16H12NO2Y. The molecule has 0 saturated carbocycles. The van der Waals surface area contributed by atoms with Gasteiger partial charge in [-0.3, -0.25) is 0 Å². The Labute approximate surface area is 137 Å². The molecule has 0 aromatic heterocycles. The number of hydrogen-bond donors (Lipinski definition) is 1. The van der Waals surface area contributed by atoms with Crippen molar-refractivity contribution in [2.75, 3.05) is 6.54 Å². The summed E-state index contributed by atoms with van der Waals surface area (Å²) < 4.78 is 7.40. The zero-order chi connectivity index (χ0) is 13.7. The van der Waals surface area contributed by atoms with Gasteiger partial charge in [0.2, 0.25) is 0 Å². The Hall–Kier alpha value is -1.19. The first-order valence-corrected chi connectivity index (χ1v) is 8.10. The summed E-state index contributed by atoms with van der Waals surface area (Å²) in [5.41, 5.74) is 2.16. The molecular weight excluding hydrogens is 327 g/mol. The third kappa shape index (κ3) is 1.84. The van der Waals surface area contributed by atoms with Crippen molar-refractivity contribution in [2.24, 2.45) is 0 Å². The predicted octanol–water partition coefficient (Wildman–Crippen LogP) is 1.96. The minimum atomic E-state index is -0.130. The Morgan fingerprint density at radius 2 is 1.90 bits per heavy atom. The van der Waals surface area contributed by atoms with Crippen LogP contribution in [0, 0.1) is 0 Å². The van der Waals surface area contributed by atoms with Crippen molar-refractivity contribution in [3.05, 3.63) is 53.6 Å². The van der Waals surface area contributed by atoms with Gasteiger partial charge in [0, 0.05) is 0 Å². The summed E-state index contributed by atoms with van der Waals surface area (Å²) >= 11 is 1.07.